The van der Waals surface area contributed by atoms with Gasteiger partial charge in [0.05, 0.1) is 15.7 Å². The summed E-state index contributed by atoms with van der Waals surface area (Å²) in [7, 11) is 0. The van der Waals surface area contributed by atoms with Crippen molar-refractivity contribution in [3.63, 3.8) is 0 Å². The summed E-state index contributed by atoms with van der Waals surface area (Å²) in [4.78, 5) is 11.0. The maximum atomic E-state index is 11.3. The van der Waals surface area contributed by atoms with Gasteiger partial charge in [-0.05, 0) is 12.1 Å². The largest absolute Gasteiger partial charge is 0.398 e. The van der Waals surface area contributed by atoms with Crippen LogP contribution < -0.4 is 5.73 Å². The van der Waals surface area contributed by atoms with Gasteiger partial charge in [-0.2, -0.15) is 0 Å². The lowest BCUT2D eigenvalue weighted by Crippen LogP contribution is -1.96. The van der Waals surface area contributed by atoms with Crippen molar-refractivity contribution in [2.45, 2.75) is 0 Å². The van der Waals surface area contributed by atoms with Crippen molar-refractivity contribution in [2.75, 3.05) is 5.73 Å². The number of benzene rings is 3. The van der Waals surface area contributed by atoms with E-state index in [0.717, 1.165) is 10.8 Å². The Hall–Kier alpha value is -2.62. The predicted octanol–water partition coefficient (Wildman–Crippen LogP) is 3.48. The van der Waals surface area contributed by atoms with Gasteiger partial charge in [0.15, 0.2) is 0 Å². The van der Waals surface area contributed by atoms with Crippen molar-refractivity contribution >= 4 is 32.9 Å². The minimum Gasteiger partial charge on any atom is -0.398 e. The highest BCUT2D eigenvalue weighted by molar-refractivity contribution is 6.16. The fourth-order valence-corrected chi connectivity index (χ4v) is 2.34. The minimum absolute atomic E-state index is 0.121. The second kappa shape index (κ2) is 3.70. The molecule has 0 aromatic heterocycles. The number of fused-ring (bicyclic) bond motifs is 2. The average molecular weight is 238 g/mol. The second-order valence-electron chi connectivity index (χ2n) is 4.11. The van der Waals surface area contributed by atoms with Crippen LogP contribution in [0.15, 0.2) is 48.5 Å². The molecule has 2 N–H and O–H groups in total. The van der Waals surface area contributed by atoms with Crippen LogP contribution in [-0.4, -0.2) is 4.92 Å². The molecule has 0 heterocycles. The molecule has 0 fully saturated rings. The van der Waals surface area contributed by atoms with Crippen molar-refractivity contribution in [1.29, 1.82) is 0 Å². The molecule has 88 valence electrons. The van der Waals surface area contributed by atoms with Gasteiger partial charge in [-0.3, -0.25) is 10.1 Å². The average Bonchev–Trinajstić information content (AvgIpc) is 2.39. The van der Waals surface area contributed by atoms with Gasteiger partial charge in [0.1, 0.15) is 0 Å². The van der Waals surface area contributed by atoms with E-state index in [0.29, 0.717) is 16.5 Å². The quantitative estimate of drug-likeness (QED) is 0.305. The zero-order chi connectivity index (χ0) is 12.7. The van der Waals surface area contributed by atoms with Crippen LogP contribution in [0.1, 0.15) is 0 Å². The molecule has 0 saturated heterocycles. The fraction of sp³-hybridized carbons (Fsp3) is 0. The van der Waals surface area contributed by atoms with E-state index >= 15 is 0 Å². The van der Waals surface area contributed by atoms with Crippen LogP contribution in [0.3, 0.4) is 0 Å². The van der Waals surface area contributed by atoms with Crippen molar-refractivity contribution in [3.8, 4) is 0 Å². The number of nitrogens with zero attached hydrogens (tertiary/aromatic N) is 1. The van der Waals surface area contributed by atoms with E-state index in [4.69, 9.17) is 5.73 Å². The summed E-state index contributed by atoms with van der Waals surface area (Å²) in [5.41, 5.74) is 6.81. The highest BCUT2D eigenvalue weighted by Crippen LogP contribution is 2.38. The van der Waals surface area contributed by atoms with Gasteiger partial charge in [-0.1, -0.05) is 36.4 Å². The molecule has 3 aromatic carbocycles. The van der Waals surface area contributed by atoms with Crippen LogP contribution in [0.5, 0.6) is 0 Å². The van der Waals surface area contributed by atoms with Crippen molar-refractivity contribution in [1.82, 2.24) is 0 Å². The van der Waals surface area contributed by atoms with E-state index in [-0.39, 0.29) is 10.6 Å². The number of nitrogens with two attached hydrogens (primary N) is 1. The molecular weight excluding hydrogens is 228 g/mol. The van der Waals surface area contributed by atoms with E-state index in [1.807, 2.05) is 24.3 Å². The lowest BCUT2D eigenvalue weighted by molar-refractivity contribution is -0.381. The molecule has 0 amide bonds. The van der Waals surface area contributed by atoms with Crippen LogP contribution in [0.25, 0.3) is 21.5 Å². The van der Waals surface area contributed by atoms with Crippen LogP contribution in [-0.2, 0) is 0 Å². The Kier molecular flexibility index (Phi) is 2.16. The van der Waals surface area contributed by atoms with Gasteiger partial charge in [-0.15, -0.1) is 0 Å². The standard InChI is InChI=1S/C14H10N2O2/c15-13-9-5-1-3-7-11(9)14(16(17)18)12-8-4-2-6-10(12)13/h1-8H,15H2. The Morgan fingerprint density at radius 2 is 1.22 bits per heavy atom. The van der Waals surface area contributed by atoms with E-state index in [2.05, 4.69) is 0 Å². The van der Waals surface area contributed by atoms with Crippen LogP contribution in [0.2, 0.25) is 0 Å². The van der Waals surface area contributed by atoms with Crippen molar-refractivity contribution in [2.24, 2.45) is 0 Å². The first-order valence-electron chi connectivity index (χ1n) is 5.53. The van der Waals surface area contributed by atoms with Crippen LogP contribution in [0.4, 0.5) is 11.4 Å². The smallest absolute Gasteiger partial charge is 0.285 e. The Balaban J connectivity index is 2.67. The molecule has 3 rings (SSSR count). The van der Waals surface area contributed by atoms with Crippen LogP contribution >= 0.6 is 0 Å². The molecule has 4 nitrogen and oxygen atoms in total. The lowest BCUT2D eigenvalue weighted by Gasteiger charge is -2.08. The molecule has 0 unspecified atom stereocenters. The summed E-state index contributed by atoms with van der Waals surface area (Å²) >= 11 is 0. The highest BCUT2D eigenvalue weighted by Gasteiger charge is 2.19. The third-order valence-electron chi connectivity index (χ3n) is 3.13. The summed E-state index contributed by atoms with van der Waals surface area (Å²) in [6, 6.07) is 14.3. The number of nitrogen functional groups attached to an aromatic ring is 1. The molecular formula is C14H10N2O2. The van der Waals surface area contributed by atoms with Gasteiger partial charge in [-0.25, -0.2) is 0 Å². The monoisotopic (exact) mass is 238 g/mol. The number of nitro groups is 1. The molecule has 0 radical (unpaired) electrons. The number of nitro benzene ring substituents is 1. The summed E-state index contributed by atoms with van der Waals surface area (Å²) in [6.45, 7) is 0. The number of non-ortho nitro benzene ring substituents is 1. The summed E-state index contributed by atoms with van der Waals surface area (Å²) in [5.74, 6) is 0. The number of hydrogen-bond acceptors (Lipinski definition) is 3. The second-order valence-corrected chi connectivity index (χ2v) is 4.11. The third-order valence-corrected chi connectivity index (χ3v) is 3.13. The molecule has 0 spiro atoms. The first-order valence-corrected chi connectivity index (χ1v) is 5.53. The summed E-state index contributed by atoms with van der Waals surface area (Å²) in [5, 5.41) is 13.9. The lowest BCUT2D eigenvalue weighted by atomic mass is 9.99. The SMILES string of the molecule is Nc1c2ccccc2c([N+](=O)[O-])c2ccccc12. The van der Waals surface area contributed by atoms with Gasteiger partial charge in [0.25, 0.3) is 5.69 Å². The van der Waals surface area contributed by atoms with Crippen molar-refractivity contribution < 1.29 is 4.92 Å². The Morgan fingerprint density at radius 3 is 1.61 bits per heavy atom. The number of anilines is 1. The molecule has 0 bridgehead atoms. The molecule has 18 heavy (non-hydrogen) atoms. The van der Waals surface area contributed by atoms with Gasteiger partial charge >= 0.3 is 0 Å². The van der Waals surface area contributed by atoms with E-state index < -0.39 is 0 Å². The fourth-order valence-electron chi connectivity index (χ4n) is 2.34. The maximum Gasteiger partial charge on any atom is 0.285 e. The molecule has 0 aliphatic carbocycles. The highest BCUT2D eigenvalue weighted by atomic mass is 16.6. The molecule has 0 saturated carbocycles. The molecule has 3 aromatic rings. The van der Waals surface area contributed by atoms with E-state index in [9.17, 15) is 10.1 Å². The first-order chi connectivity index (χ1) is 8.70. The summed E-state index contributed by atoms with van der Waals surface area (Å²) in [6.07, 6.45) is 0. The van der Waals surface area contributed by atoms with Gasteiger partial charge in [0.2, 0.25) is 0 Å². The maximum absolute atomic E-state index is 11.3. The number of hydrogen-bond donors (Lipinski definition) is 1. The predicted molar refractivity (Wildman–Crippen MR) is 72.5 cm³/mol. The Morgan fingerprint density at radius 1 is 0.833 bits per heavy atom. The number of rotatable bonds is 1. The molecule has 0 atom stereocenters. The van der Waals surface area contributed by atoms with Gasteiger partial charge < -0.3 is 5.73 Å². The van der Waals surface area contributed by atoms with Gasteiger partial charge in [0, 0.05) is 16.5 Å². The van der Waals surface area contributed by atoms with Crippen molar-refractivity contribution in [3.05, 3.63) is 58.6 Å². The van der Waals surface area contributed by atoms with E-state index in [1.165, 1.54) is 0 Å². The normalized spacial score (nSPS) is 10.9. The zero-order valence-electron chi connectivity index (χ0n) is 9.46. The molecule has 4 heteroatoms. The molecule has 0 aliphatic rings. The zero-order valence-corrected chi connectivity index (χ0v) is 9.46. The molecule has 0 aliphatic heterocycles. The first kappa shape index (κ1) is 10.5. The van der Waals surface area contributed by atoms with Crippen LogP contribution in [0, 0.1) is 10.1 Å². The van der Waals surface area contributed by atoms with E-state index in [1.54, 1.807) is 24.3 Å². The Bertz CT molecular complexity index is 724. The third kappa shape index (κ3) is 1.32. The summed E-state index contributed by atoms with van der Waals surface area (Å²) < 4.78 is 0. The topological polar surface area (TPSA) is 69.2 Å². The Labute approximate surface area is 103 Å². The minimum atomic E-state index is -0.343.